The minimum Gasteiger partial charge on any atom is -0.309 e. The molecule has 0 N–H and O–H groups in total. The van der Waals surface area contributed by atoms with Gasteiger partial charge >= 0.3 is 0 Å². The predicted molar refractivity (Wildman–Crippen MR) is 264 cm³/mol. The average Bonchev–Trinajstić information content (AvgIpc) is 3.69. The minimum absolute atomic E-state index is 1.09. The first-order chi connectivity index (χ1) is 30.8. The van der Waals surface area contributed by atoms with E-state index in [1.54, 1.807) is 0 Å². The molecule has 1 heterocycles. The lowest BCUT2D eigenvalue weighted by atomic mass is 9.85. The third-order valence-corrected chi connectivity index (χ3v) is 12.5. The second kappa shape index (κ2) is 14.8. The number of fused-ring (bicyclic) bond motifs is 7. The zero-order valence-electron chi connectivity index (χ0n) is 34.0. The molecule has 0 unspecified atom stereocenters. The molecule has 62 heavy (non-hydrogen) atoms. The molecule has 290 valence electrons. The topological polar surface area (TPSA) is 8.17 Å². The van der Waals surface area contributed by atoms with E-state index in [2.05, 4.69) is 252 Å². The van der Waals surface area contributed by atoms with Crippen molar-refractivity contribution in [3.8, 4) is 39.1 Å². The number of anilines is 3. The van der Waals surface area contributed by atoms with Crippen LogP contribution in [-0.4, -0.2) is 4.57 Å². The normalized spacial score (nSPS) is 11.5. The van der Waals surface area contributed by atoms with Gasteiger partial charge in [-0.1, -0.05) is 194 Å². The van der Waals surface area contributed by atoms with Crippen LogP contribution in [0, 0.1) is 0 Å². The summed E-state index contributed by atoms with van der Waals surface area (Å²) in [7, 11) is 0. The molecule has 0 aliphatic rings. The molecule has 0 aliphatic carbocycles. The smallest absolute Gasteiger partial charge is 0.0547 e. The average molecular weight is 789 g/mol. The van der Waals surface area contributed by atoms with Crippen molar-refractivity contribution in [1.82, 2.24) is 4.57 Å². The molecular formula is C60H40N2. The van der Waals surface area contributed by atoms with E-state index in [4.69, 9.17) is 0 Å². The van der Waals surface area contributed by atoms with Crippen LogP contribution in [-0.2, 0) is 0 Å². The number of rotatable bonds is 7. The third-order valence-electron chi connectivity index (χ3n) is 12.5. The first-order valence-corrected chi connectivity index (χ1v) is 21.4. The lowest BCUT2D eigenvalue weighted by Gasteiger charge is -2.30. The summed E-state index contributed by atoms with van der Waals surface area (Å²) < 4.78 is 2.41. The first kappa shape index (κ1) is 35.7. The first-order valence-electron chi connectivity index (χ1n) is 21.4. The van der Waals surface area contributed by atoms with E-state index in [0.29, 0.717) is 0 Å². The summed E-state index contributed by atoms with van der Waals surface area (Å²) in [5.74, 6) is 0. The van der Waals surface area contributed by atoms with Gasteiger partial charge in [0.15, 0.2) is 0 Å². The Hall–Kier alpha value is -8.20. The molecule has 0 saturated carbocycles. The molecule has 2 nitrogen and oxygen atoms in total. The molecule has 0 bridgehead atoms. The Kier molecular flexibility index (Phi) is 8.53. The number of para-hydroxylation sites is 3. The fourth-order valence-electron chi connectivity index (χ4n) is 9.93. The molecule has 0 aliphatic heterocycles. The van der Waals surface area contributed by atoms with Gasteiger partial charge in [-0.25, -0.2) is 0 Å². The Labute approximate surface area is 360 Å². The van der Waals surface area contributed by atoms with Crippen LogP contribution < -0.4 is 4.90 Å². The fraction of sp³-hybridized carbons (Fsp3) is 0. The predicted octanol–water partition coefficient (Wildman–Crippen LogP) is 16.7. The molecule has 0 atom stereocenters. The van der Waals surface area contributed by atoms with Gasteiger partial charge in [0.1, 0.15) is 0 Å². The van der Waals surface area contributed by atoms with Crippen molar-refractivity contribution in [2.24, 2.45) is 0 Å². The van der Waals surface area contributed by atoms with Crippen LogP contribution in [0.15, 0.2) is 243 Å². The second-order valence-electron chi connectivity index (χ2n) is 16.0. The van der Waals surface area contributed by atoms with E-state index in [0.717, 1.165) is 28.3 Å². The van der Waals surface area contributed by atoms with Crippen molar-refractivity contribution in [3.05, 3.63) is 243 Å². The van der Waals surface area contributed by atoms with Crippen molar-refractivity contribution >= 4 is 71.2 Å². The van der Waals surface area contributed by atoms with Crippen molar-refractivity contribution in [2.45, 2.75) is 0 Å². The summed E-state index contributed by atoms with van der Waals surface area (Å²) in [6.07, 6.45) is 0. The van der Waals surface area contributed by atoms with Gasteiger partial charge in [0.25, 0.3) is 0 Å². The molecule has 0 spiro atoms. The fourth-order valence-corrected chi connectivity index (χ4v) is 9.93. The number of hydrogen-bond donors (Lipinski definition) is 0. The lowest BCUT2D eigenvalue weighted by Crippen LogP contribution is -2.12. The van der Waals surface area contributed by atoms with Gasteiger partial charge in [-0.3, -0.25) is 0 Å². The Bertz CT molecular complexity index is 3620. The van der Waals surface area contributed by atoms with E-state index < -0.39 is 0 Å². The van der Waals surface area contributed by atoms with Crippen molar-refractivity contribution in [3.63, 3.8) is 0 Å². The van der Waals surface area contributed by atoms with E-state index in [-0.39, 0.29) is 0 Å². The third kappa shape index (κ3) is 5.73. The molecule has 0 fully saturated rings. The molecule has 12 rings (SSSR count). The van der Waals surface area contributed by atoms with Crippen molar-refractivity contribution < 1.29 is 0 Å². The summed E-state index contributed by atoms with van der Waals surface area (Å²) in [6.45, 7) is 0. The lowest BCUT2D eigenvalue weighted by molar-refractivity contribution is 1.18. The van der Waals surface area contributed by atoms with Gasteiger partial charge in [-0.15, -0.1) is 0 Å². The van der Waals surface area contributed by atoms with E-state index in [1.807, 2.05) is 0 Å². The van der Waals surface area contributed by atoms with Crippen molar-refractivity contribution in [2.75, 3.05) is 4.90 Å². The Morgan fingerprint density at radius 3 is 1.60 bits per heavy atom. The van der Waals surface area contributed by atoms with Crippen LogP contribution in [0.1, 0.15) is 0 Å². The molecule has 11 aromatic carbocycles. The second-order valence-corrected chi connectivity index (χ2v) is 16.0. The number of hydrogen-bond acceptors (Lipinski definition) is 1. The van der Waals surface area contributed by atoms with Crippen LogP contribution in [0.5, 0.6) is 0 Å². The maximum Gasteiger partial charge on any atom is 0.0547 e. The largest absolute Gasteiger partial charge is 0.309 e. The van der Waals surface area contributed by atoms with Crippen LogP contribution in [0.25, 0.3) is 93.2 Å². The van der Waals surface area contributed by atoms with Crippen LogP contribution in [0.2, 0.25) is 0 Å². The summed E-state index contributed by atoms with van der Waals surface area (Å²) in [6, 6.07) is 88.6. The molecular weight excluding hydrogens is 749 g/mol. The molecule has 0 radical (unpaired) electrons. The standard InChI is InChI=1S/C60H40N2/c1-4-21-42(22-5-1)58-50-31-13-12-29-47(50)48-39-38-45(40-53(48)59(58)43-23-6-2-7-24-43)62(54-36-18-25-41-20-10-11-28-46(41)54)55-34-16-14-30-49(55)51-33-19-37-57-60(51)52-32-15-17-35-56(52)61(57)44-26-8-3-9-27-44/h1-40H. The van der Waals surface area contributed by atoms with Crippen molar-refractivity contribution in [1.29, 1.82) is 0 Å². The maximum absolute atomic E-state index is 2.50. The van der Waals surface area contributed by atoms with Crippen LogP contribution >= 0.6 is 0 Å². The molecule has 12 aromatic rings. The van der Waals surface area contributed by atoms with Gasteiger partial charge in [-0.2, -0.15) is 0 Å². The maximum atomic E-state index is 2.50. The zero-order chi connectivity index (χ0) is 41.0. The monoisotopic (exact) mass is 788 g/mol. The highest BCUT2D eigenvalue weighted by molar-refractivity contribution is 6.23. The van der Waals surface area contributed by atoms with Crippen LogP contribution in [0.3, 0.4) is 0 Å². The van der Waals surface area contributed by atoms with Gasteiger partial charge in [0, 0.05) is 33.1 Å². The van der Waals surface area contributed by atoms with Crippen LogP contribution in [0.4, 0.5) is 17.1 Å². The van der Waals surface area contributed by atoms with Gasteiger partial charge in [0.2, 0.25) is 0 Å². The quantitative estimate of drug-likeness (QED) is 0.146. The van der Waals surface area contributed by atoms with Gasteiger partial charge < -0.3 is 9.47 Å². The summed E-state index contributed by atoms with van der Waals surface area (Å²) in [5.41, 5.74) is 14.1. The van der Waals surface area contributed by atoms with E-state index >= 15 is 0 Å². The molecule has 0 amide bonds. The highest BCUT2D eigenvalue weighted by atomic mass is 15.1. The van der Waals surface area contributed by atoms with E-state index in [1.165, 1.54) is 81.9 Å². The van der Waals surface area contributed by atoms with Gasteiger partial charge in [0.05, 0.1) is 22.4 Å². The number of benzene rings is 11. The summed E-state index contributed by atoms with van der Waals surface area (Å²) >= 11 is 0. The van der Waals surface area contributed by atoms with Gasteiger partial charge in [-0.05, 0) is 103 Å². The summed E-state index contributed by atoms with van der Waals surface area (Å²) in [4.78, 5) is 2.50. The minimum atomic E-state index is 1.09. The Morgan fingerprint density at radius 1 is 0.306 bits per heavy atom. The highest BCUT2D eigenvalue weighted by Crippen LogP contribution is 2.50. The Morgan fingerprint density at radius 2 is 0.823 bits per heavy atom. The molecule has 2 heteroatoms. The summed E-state index contributed by atoms with van der Waals surface area (Å²) in [5, 5.41) is 9.78. The number of nitrogens with zero attached hydrogens (tertiary/aromatic N) is 2. The molecule has 0 saturated heterocycles. The van der Waals surface area contributed by atoms with E-state index in [9.17, 15) is 0 Å². The highest BCUT2D eigenvalue weighted by Gasteiger charge is 2.24. The SMILES string of the molecule is c1ccc(-c2c(-c3ccccc3)c3cc(N(c4ccccc4-c4cccc5c4c4ccccc4n5-c4ccccc4)c4cccc5ccccc45)ccc3c3ccccc23)cc1. The number of aromatic nitrogens is 1. The zero-order valence-corrected chi connectivity index (χ0v) is 34.0. The Balaban J connectivity index is 1.18. The molecule has 1 aromatic heterocycles.